The van der Waals surface area contributed by atoms with Crippen LogP contribution in [0.2, 0.25) is 0 Å². The van der Waals surface area contributed by atoms with E-state index in [4.69, 9.17) is 4.42 Å². The van der Waals surface area contributed by atoms with Gasteiger partial charge >= 0.3 is 0 Å². The van der Waals surface area contributed by atoms with Crippen molar-refractivity contribution in [3.8, 4) is 0 Å². The highest BCUT2D eigenvalue weighted by Gasteiger charge is 2.30. The molecule has 1 aromatic carbocycles. The third-order valence-electron chi connectivity index (χ3n) is 4.35. The van der Waals surface area contributed by atoms with Gasteiger partial charge in [0.05, 0.1) is 17.7 Å². The van der Waals surface area contributed by atoms with Gasteiger partial charge in [-0.3, -0.25) is 9.88 Å². The van der Waals surface area contributed by atoms with E-state index in [0.29, 0.717) is 6.42 Å². The molecule has 0 saturated carbocycles. The highest BCUT2D eigenvalue weighted by atomic mass is 32.1. The molecule has 3 heterocycles. The van der Waals surface area contributed by atoms with Crippen molar-refractivity contribution in [2.24, 2.45) is 0 Å². The summed E-state index contributed by atoms with van der Waals surface area (Å²) < 4.78 is 19.0. The van der Waals surface area contributed by atoms with Gasteiger partial charge in [0.15, 0.2) is 0 Å². The SMILES string of the molecule is Fc1ccc(Cc2cnc([C@H]3CCCN3Cc3cncs3)o2)cc1. The minimum atomic E-state index is -0.221. The first-order valence-corrected chi connectivity index (χ1v) is 8.96. The van der Waals surface area contributed by atoms with Crippen LogP contribution in [0.15, 0.2) is 46.6 Å². The summed E-state index contributed by atoms with van der Waals surface area (Å²) in [5.41, 5.74) is 2.89. The van der Waals surface area contributed by atoms with Crippen molar-refractivity contribution in [2.75, 3.05) is 6.54 Å². The zero-order valence-corrected chi connectivity index (χ0v) is 14.0. The van der Waals surface area contributed by atoms with Crippen LogP contribution in [0.1, 0.15) is 41.0 Å². The minimum absolute atomic E-state index is 0.221. The molecule has 4 nitrogen and oxygen atoms in total. The van der Waals surface area contributed by atoms with Gasteiger partial charge in [-0.25, -0.2) is 9.37 Å². The molecule has 3 aromatic rings. The van der Waals surface area contributed by atoms with Gasteiger partial charge in [0.1, 0.15) is 11.6 Å². The Hall–Kier alpha value is -2.05. The summed E-state index contributed by atoms with van der Waals surface area (Å²) in [5, 5.41) is 0. The Morgan fingerprint density at radius 1 is 1.25 bits per heavy atom. The van der Waals surface area contributed by atoms with Gasteiger partial charge in [-0.2, -0.15) is 0 Å². The Kier molecular flexibility index (Phi) is 4.40. The van der Waals surface area contributed by atoms with Gasteiger partial charge in [0, 0.05) is 24.0 Å². The molecule has 1 fully saturated rings. The second kappa shape index (κ2) is 6.83. The largest absolute Gasteiger partial charge is 0.444 e. The molecule has 1 aliphatic rings. The monoisotopic (exact) mass is 343 g/mol. The van der Waals surface area contributed by atoms with Crippen molar-refractivity contribution in [3.05, 3.63) is 70.1 Å². The first-order valence-electron chi connectivity index (χ1n) is 8.08. The van der Waals surface area contributed by atoms with Gasteiger partial charge in [-0.15, -0.1) is 11.3 Å². The standard InChI is InChI=1S/C18H18FN3OS/c19-14-5-3-13(4-6-14)8-15-9-21-18(23-15)17-2-1-7-22(17)11-16-10-20-12-24-16/h3-6,9-10,12,17H,1-2,7-8,11H2/t17-/m1/s1. The molecule has 4 rings (SSSR count). The molecular formula is C18H18FN3OS. The van der Waals surface area contributed by atoms with Crippen molar-refractivity contribution < 1.29 is 8.81 Å². The number of hydrogen-bond acceptors (Lipinski definition) is 5. The summed E-state index contributed by atoms with van der Waals surface area (Å²) in [7, 11) is 0. The molecule has 2 aromatic heterocycles. The van der Waals surface area contributed by atoms with E-state index in [9.17, 15) is 4.39 Å². The average Bonchev–Trinajstić information content (AvgIpc) is 3.32. The maximum Gasteiger partial charge on any atom is 0.211 e. The van der Waals surface area contributed by atoms with Gasteiger partial charge in [0.2, 0.25) is 5.89 Å². The number of rotatable bonds is 5. The van der Waals surface area contributed by atoms with Crippen LogP contribution in [0.25, 0.3) is 0 Å². The number of hydrogen-bond donors (Lipinski definition) is 0. The fraction of sp³-hybridized carbons (Fsp3) is 0.333. The molecule has 0 unspecified atom stereocenters. The molecule has 0 amide bonds. The normalized spacial score (nSPS) is 18.3. The van der Waals surface area contributed by atoms with E-state index in [1.807, 2.05) is 11.7 Å². The molecule has 0 bridgehead atoms. The minimum Gasteiger partial charge on any atom is -0.444 e. The highest BCUT2D eigenvalue weighted by molar-refractivity contribution is 7.09. The van der Waals surface area contributed by atoms with E-state index in [1.165, 1.54) is 17.0 Å². The average molecular weight is 343 g/mol. The van der Waals surface area contributed by atoms with Crippen LogP contribution in [0, 0.1) is 5.82 Å². The molecule has 0 radical (unpaired) electrons. The molecule has 0 aliphatic carbocycles. The van der Waals surface area contributed by atoms with Crippen molar-refractivity contribution in [1.82, 2.24) is 14.9 Å². The van der Waals surface area contributed by atoms with E-state index in [2.05, 4.69) is 14.9 Å². The number of nitrogens with zero attached hydrogens (tertiary/aromatic N) is 3. The number of benzene rings is 1. The second-order valence-corrected chi connectivity index (χ2v) is 7.04. The van der Waals surface area contributed by atoms with Crippen LogP contribution in [0.4, 0.5) is 4.39 Å². The lowest BCUT2D eigenvalue weighted by Crippen LogP contribution is -2.22. The Morgan fingerprint density at radius 2 is 2.12 bits per heavy atom. The second-order valence-electron chi connectivity index (χ2n) is 6.06. The summed E-state index contributed by atoms with van der Waals surface area (Å²) in [6.07, 6.45) is 6.57. The lowest BCUT2D eigenvalue weighted by atomic mass is 10.1. The van der Waals surface area contributed by atoms with E-state index in [0.717, 1.165) is 43.1 Å². The lowest BCUT2D eigenvalue weighted by molar-refractivity contribution is 0.214. The molecular weight excluding hydrogens is 325 g/mol. The van der Waals surface area contributed by atoms with Crippen LogP contribution < -0.4 is 0 Å². The van der Waals surface area contributed by atoms with Crippen molar-refractivity contribution in [2.45, 2.75) is 31.8 Å². The van der Waals surface area contributed by atoms with Gasteiger partial charge < -0.3 is 4.42 Å². The Balaban J connectivity index is 1.46. The Labute approximate surface area is 144 Å². The zero-order chi connectivity index (χ0) is 16.4. The highest BCUT2D eigenvalue weighted by Crippen LogP contribution is 2.33. The topological polar surface area (TPSA) is 42.2 Å². The van der Waals surface area contributed by atoms with Crippen LogP contribution in [-0.2, 0) is 13.0 Å². The maximum absolute atomic E-state index is 13.0. The Morgan fingerprint density at radius 3 is 2.92 bits per heavy atom. The fourth-order valence-corrected chi connectivity index (χ4v) is 3.80. The number of halogens is 1. The summed E-state index contributed by atoms with van der Waals surface area (Å²) >= 11 is 1.68. The van der Waals surface area contributed by atoms with Gasteiger partial charge in [-0.1, -0.05) is 12.1 Å². The molecule has 0 spiro atoms. The third kappa shape index (κ3) is 3.39. The maximum atomic E-state index is 13.0. The number of oxazole rings is 1. The van der Waals surface area contributed by atoms with Gasteiger partial charge in [0.25, 0.3) is 0 Å². The van der Waals surface area contributed by atoms with Crippen LogP contribution >= 0.6 is 11.3 Å². The van der Waals surface area contributed by atoms with E-state index < -0.39 is 0 Å². The lowest BCUT2D eigenvalue weighted by Gasteiger charge is -2.20. The first kappa shape index (κ1) is 15.5. The number of aromatic nitrogens is 2. The summed E-state index contributed by atoms with van der Waals surface area (Å²) in [5.74, 6) is 1.39. The predicted molar refractivity (Wildman–Crippen MR) is 90.2 cm³/mol. The molecule has 124 valence electrons. The van der Waals surface area contributed by atoms with Crippen LogP contribution in [0.5, 0.6) is 0 Å². The molecule has 1 aliphatic heterocycles. The van der Waals surface area contributed by atoms with E-state index >= 15 is 0 Å². The van der Waals surface area contributed by atoms with E-state index in [1.54, 1.807) is 29.7 Å². The molecule has 24 heavy (non-hydrogen) atoms. The summed E-state index contributed by atoms with van der Waals surface area (Å²) in [4.78, 5) is 12.3. The molecule has 6 heteroatoms. The van der Waals surface area contributed by atoms with Crippen molar-refractivity contribution in [3.63, 3.8) is 0 Å². The number of likely N-dealkylation sites (tertiary alicyclic amines) is 1. The smallest absolute Gasteiger partial charge is 0.211 e. The summed E-state index contributed by atoms with van der Waals surface area (Å²) in [6, 6.07) is 6.74. The van der Waals surface area contributed by atoms with Crippen LogP contribution in [-0.4, -0.2) is 21.4 Å². The van der Waals surface area contributed by atoms with Crippen LogP contribution in [0.3, 0.4) is 0 Å². The van der Waals surface area contributed by atoms with Gasteiger partial charge in [-0.05, 0) is 37.1 Å². The molecule has 1 saturated heterocycles. The molecule has 1 atom stereocenters. The number of thiazole rings is 1. The fourth-order valence-electron chi connectivity index (χ4n) is 3.18. The third-order valence-corrected chi connectivity index (χ3v) is 5.12. The van der Waals surface area contributed by atoms with Crippen molar-refractivity contribution >= 4 is 11.3 Å². The van der Waals surface area contributed by atoms with Crippen molar-refractivity contribution in [1.29, 1.82) is 0 Å². The van der Waals surface area contributed by atoms with E-state index in [-0.39, 0.29) is 11.9 Å². The Bertz CT molecular complexity index is 785. The first-order chi connectivity index (χ1) is 11.8. The summed E-state index contributed by atoms with van der Waals surface area (Å²) in [6.45, 7) is 1.95. The molecule has 0 N–H and O–H groups in total. The predicted octanol–water partition coefficient (Wildman–Crippen LogP) is 4.20. The zero-order valence-electron chi connectivity index (χ0n) is 13.2. The quantitative estimate of drug-likeness (QED) is 0.696.